The van der Waals surface area contributed by atoms with E-state index < -0.39 is 24.4 Å². The van der Waals surface area contributed by atoms with Crippen LogP contribution in [0.3, 0.4) is 0 Å². The van der Waals surface area contributed by atoms with Crippen LogP contribution in [0, 0.1) is 0 Å². The molecule has 1 aromatic heterocycles. The molecular weight excluding hydrogens is 479 g/mol. The first kappa shape index (κ1) is 23.4. The number of amides is 2. The summed E-state index contributed by atoms with van der Waals surface area (Å²) < 4.78 is 46.2. The average Bonchev–Trinajstić information content (AvgIpc) is 2.95. The Kier molecular flexibility index (Phi) is 6.32. The molecule has 1 aromatic carbocycles. The Morgan fingerprint density at radius 3 is 2.45 bits per heavy atom. The summed E-state index contributed by atoms with van der Waals surface area (Å²) in [5.74, 6) is -0.357. The lowest BCUT2D eigenvalue weighted by molar-refractivity contribution is -0.139. The smallest absolute Gasteiger partial charge is 0.410 e. The van der Waals surface area contributed by atoms with Gasteiger partial charge in [-0.1, -0.05) is 22.0 Å². The number of benzene rings is 1. The Morgan fingerprint density at radius 1 is 1.19 bits per heavy atom. The normalized spacial score (nSPS) is 17.9. The molecule has 2 amide bonds. The molecule has 6 nitrogen and oxygen atoms in total. The van der Waals surface area contributed by atoms with Crippen LogP contribution >= 0.6 is 15.9 Å². The van der Waals surface area contributed by atoms with Gasteiger partial charge in [0.05, 0.1) is 11.1 Å². The maximum absolute atomic E-state index is 13.2. The molecule has 170 valence electrons. The maximum Gasteiger partial charge on any atom is 0.410 e. The molecule has 10 heteroatoms. The minimum atomic E-state index is -4.41. The van der Waals surface area contributed by atoms with Crippen molar-refractivity contribution in [3.05, 3.63) is 34.4 Å². The summed E-state index contributed by atoms with van der Waals surface area (Å²) in [4.78, 5) is 28.8. The van der Waals surface area contributed by atoms with E-state index >= 15 is 0 Å². The van der Waals surface area contributed by atoms with Crippen LogP contribution < -0.4 is 0 Å². The summed E-state index contributed by atoms with van der Waals surface area (Å²) in [6, 6.07) is 4.62. The van der Waals surface area contributed by atoms with Crippen LogP contribution in [0.15, 0.2) is 28.9 Å². The molecule has 1 aliphatic heterocycles. The van der Waals surface area contributed by atoms with E-state index in [1.807, 2.05) is 6.92 Å². The van der Waals surface area contributed by atoms with Crippen molar-refractivity contribution in [3.8, 4) is 0 Å². The lowest BCUT2D eigenvalue weighted by Crippen LogP contribution is -2.56. The number of aromatic nitrogens is 1. The van der Waals surface area contributed by atoms with E-state index in [9.17, 15) is 22.8 Å². The number of hydrogen-bond donors (Lipinski definition) is 0. The topological polar surface area (TPSA) is 54.8 Å². The molecule has 0 radical (unpaired) electrons. The second-order valence-corrected chi connectivity index (χ2v) is 9.64. The number of halogens is 4. The summed E-state index contributed by atoms with van der Waals surface area (Å²) in [5, 5.41) is 0.458. The van der Waals surface area contributed by atoms with Gasteiger partial charge in [-0.25, -0.2) is 4.79 Å². The molecule has 1 saturated heterocycles. The highest BCUT2D eigenvalue weighted by molar-refractivity contribution is 9.10. The first-order valence-corrected chi connectivity index (χ1v) is 10.7. The van der Waals surface area contributed by atoms with Crippen LogP contribution in [0.1, 0.15) is 38.1 Å². The summed E-state index contributed by atoms with van der Waals surface area (Å²) in [6.07, 6.45) is -3.60. The Morgan fingerprint density at radius 2 is 1.87 bits per heavy atom. The third-order valence-corrected chi connectivity index (χ3v) is 5.46. The third-order valence-electron chi connectivity index (χ3n) is 4.97. The highest BCUT2D eigenvalue weighted by atomic mass is 79.9. The molecule has 3 rings (SSSR count). The van der Waals surface area contributed by atoms with Gasteiger partial charge in [-0.05, 0) is 39.8 Å². The first-order valence-electron chi connectivity index (χ1n) is 9.89. The van der Waals surface area contributed by atoms with Gasteiger partial charge in [-0.2, -0.15) is 13.2 Å². The number of piperazine rings is 1. The fourth-order valence-corrected chi connectivity index (χ4v) is 4.01. The highest BCUT2D eigenvalue weighted by Crippen LogP contribution is 2.29. The van der Waals surface area contributed by atoms with Gasteiger partial charge >= 0.3 is 12.3 Å². The maximum atomic E-state index is 13.2. The zero-order chi connectivity index (χ0) is 23.1. The molecule has 0 aliphatic carbocycles. The number of ether oxygens (including phenoxy) is 1. The van der Waals surface area contributed by atoms with Crippen molar-refractivity contribution in [2.75, 3.05) is 19.6 Å². The second kappa shape index (κ2) is 8.37. The van der Waals surface area contributed by atoms with E-state index in [-0.39, 0.29) is 37.1 Å². The van der Waals surface area contributed by atoms with Crippen LogP contribution in [0.25, 0.3) is 10.9 Å². The van der Waals surface area contributed by atoms with Gasteiger partial charge in [-0.3, -0.25) is 4.79 Å². The lowest BCUT2D eigenvalue weighted by atomic mass is 10.1. The van der Waals surface area contributed by atoms with Crippen molar-refractivity contribution in [2.24, 2.45) is 0 Å². The molecular formula is C21H25BrF3N3O3. The number of nitrogens with zero attached hydrogens (tertiary/aromatic N) is 3. The fraction of sp³-hybridized carbons (Fsp3) is 0.524. The second-order valence-electron chi connectivity index (χ2n) is 8.72. The average molecular weight is 504 g/mol. The van der Waals surface area contributed by atoms with Crippen LogP contribution in [0.5, 0.6) is 0 Å². The molecule has 31 heavy (non-hydrogen) atoms. The first-order chi connectivity index (χ1) is 14.2. The van der Waals surface area contributed by atoms with Crippen LogP contribution in [0.2, 0.25) is 0 Å². The number of rotatable bonds is 2. The molecule has 0 saturated carbocycles. The zero-order valence-corrected chi connectivity index (χ0v) is 19.4. The minimum absolute atomic E-state index is 0.213. The molecule has 1 fully saturated rings. The number of alkyl halides is 3. The van der Waals surface area contributed by atoms with E-state index in [1.165, 1.54) is 6.20 Å². The van der Waals surface area contributed by atoms with Crippen LogP contribution in [-0.4, -0.2) is 63.8 Å². The van der Waals surface area contributed by atoms with Gasteiger partial charge in [0.15, 0.2) is 0 Å². The Hall–Kier alpha value is -2.23. The quantitative estimate of drug-likeness (QED) is 0.576. The van der Waals surface area contributed by atoms with Crippen molar-refractivity contribution in [2.45, 2.75) is 52.1 Å². The molecule has 0 N–H and O–H groups in total. The molecule has 0 spiro atoms. The molecule has 0 bridgehead atoms. The van der Waals surface area contributed by atoms with Gasteiger partial charge in [0, 0.05) is 41.7 Å². The molecule has 1 unspecified atom stereocenters. The SMILES string of the molecule is CC1CN(C(=O)c2cn(CC(F)(F)F)c3cc(Br)ccc23)CCN1C(=O)OC(C)(C)C. The monoisotopic (exact) mass is 503 g/mol. The molecule has 1 atom stereocenters. The zero-order valence-electron chi connectivity index (χ0n) is 17.8. The molecule has 1 aliphatic rings. The predicted octanol–water partition coefficient (Wildman–Crippen LogP) is 5.05. The summed E-state index contributed by atoms with van der Waals surface area (Å²) in [7, 11) is 0. The van der Waals surface area contributed by atoms with E-state index in [0.29, 0.717) is 15.4 Å². The van der Waals surface area contributed by atoms with Gasteiger partial charge < -0.3 is 19.1 Å². The van der Waals surface area contributed by atoms with Gasteiger partial charge in [0.2, 0.25) is 0 Å². The summed E-state index contributed by atoms with van der Waals surface area (Å²) in [5.41, 5.74) is -0.0848. The van der Waals surface area contributed by atoms with Gasteiger partial charge in [0.25, 0.3) is 5.91 Å². The summed E-state index contributed by atoms with van der Waals surface area (Å²) in [6.45, 7) is 6.79. The van der Waals surface area contributed by atoms with E-state index in [4.69, 9.17) is 4.74 Å². The number of hydrogen-bond acceptors (Lipinski definition) is 3. The molecule has 2 aromatic rings. The van der Waals surface area contributed by atoms with Gasteiger partial charge in [-0.15, -0.1) is 0 Å². The lowest BCUT2D eigenvalue weighted by Gasteiger charge is -2.40. The Bertz CT molecular complexity index is 997. The summed E-state index contributed by atoms with van der Waals surface area (Å²) >= 11 is 3.28. The highest BCUT2D eigenvalue weighted by Gasteiger charge is 2.34. The van der Waals surface area contributed by atoms with Crippen LogP contribution in [-0.2, 0) is 11.3 Å². The Labute approximate surface area is 187 Å². The standard InChI is InChI=1S/C21H25BrF3N3O3/c1-13-10-26(7-8-28(13)19(30)31-20(2,3)4)18(29)16-11-27(12-21(23,24)25)17-9-14(22)5-6-15(16)17/h5-6,9,11,13H,7-8,10,12H2,1-4H3. The van der Waals surface area contributed by atoms with E-state index in [0.717, 1.165) is 4.57 Å². The van der Waals surface area contributed by atoms with Crippen molar-refractivity contribution in [1.29, 1.82) is 0 Å². The van der Waals surface area contributed by atoms with Crippen LogP contribution in [0.4, 0.5) is 18.0 Å². The molecule has 2 heterocycles. The fourth-order valence-electron chi connectivity index (χ4n) is 3.66. The van der Waals surface area contributed by atoms with Gasteiger partial charge in [0.1, 0.15) is 12.1 Å². The van der Waals surface area contributed by atoms with E-state index in [2.05, 4.69) is 15.9 Å². The largest absolute Gasteiger partial charge is 0.444 e. The third kappa shape index (κ3) is 5.53. The Balaban J connectivity index is 1.83. The minimum Gasteiger partial charge on any atom is -0.444 e. The van der Waals surface area contributed by atoms with Crippen molar-refractivity contribution in [3.63, 3.8) is 0 Å². The number of carbonyl (C=O) groups excluding carboxylic acids is 2. The van der Waals surface area contributed by atoms with Crippen molar-refractivity contribution < 1.29 is 27.5 Å². The van der Waals surface area contributed by atoms with E-state index in [1.54, 1.807) is 48.8 Å². The number of carbonyl (C=O) groups is 2. The predicted molar refractivity (Wildman–Crippen MR) is 114 cm³/mol. The van der Waals surface area contributed by atoms with Crippen molar-refractivity contribution >= 4 is 38.8 Å². The van der Waals surface area contributed by atoms with Crippen molar-refractivity contribution in [1.82, 2.24) is 14.4 Å². The number of fused-ring (bicyclic) bond motifs is 1.